The summed E-state index contributed by atoms with van der Waals surface area (Å²) in [5, 5.41) is 17.1. The number of carboxylic acid groups (broad SMARTS) is 2. The number of nitrogens with zero attached hydrogens (tertiary/aromatic N) is 1. The van der Waals surface area contributed by atoms with Gasteiger partial charge >= 0.3 is 11.9 Å². The lowest BCUT2D eigenvalue weighted by Gasteiger charge is -2.29. The van der Waals surface area contributed by atoms with Crippen LogP contribution in [-0.4, -0.2) is 46.2 Å². The maximum Gasteiger partial charge on any atom is 0.323 e. The zero-order chi connectivity index (χ0) is 9.94. The van der Waals surface area contributed by atoms with Crippen molar-refractivity contribution in [3.8, 4) is 0 Å². The van der Waals surface area contributed by atoms with Gasteiger partial charge in [-0.15, -0.1) is 0 Å². The van der Waals surface area contributed by atoms with Gasteiger partial charge in [-0.1, -0.05) is 0 Å². The van der Waals surface area contributed by atoms with Gasteiger partial charge in [0.15, 0.2) is 0 Å². The van der Waals surface area contributed by atoms with E-state index in [0.717, 1.165) is 0 Å². The summed E-state index contributed by atoms with van der Waals surface area (Å²) in [4.78, 5) is 22.1. The fourth-order valence-electron chi connectivity index (χ4n) is 0.564. The summed E-state index contributed by atoms with van der Waals surface area (Å²) < 4.78 is 0. The first kappa shape index (κ1) is 14.4. The van der Waals surface area contributed by atoms with Crippen molar-refractivity contribution < 1.29 is 19.8 Å². The molecule has 0 saturated heterocycles. The first-order chi connectivity index (χ1) is 5.28. The van der Waals surface area contributed by atoms with Gasteiger partial charge < -0.3 is 16.4 Å². The van der Waals surface area contributed by atoms with Crippen molar-refractivity contribution in [1.29, 1.82) is 0 Å². The number of carbonyl (C=O) groups is 2. The summed E-state index contributed by atoms with van der Waals surface area (Å²) in [6.45, 7) is 2.63. The second-order valence-corrected chi connectivity index (χ2v) is 3.11. The zero-order valence-electron chi connectivity index (χ0n) is 8.07. The summed E-state index contributed by atoms with van der Waals surface area (Å²) in [6.07, 6.45) is 0. The molecule has 6 heteroatoms. The van der Waals surface area contributed by atoms with Crippen molar-refractivity contribution in [2.75, 3.05) is 13.6 Å². The molecule has 0 aromatic carbocycles. The predicted octanol–water partition coefficient (Wildman–Crippen LogP) is 0.0280. The first-order valence-electron chi connectivity index (χ1n) is 3.45. The van der Waals surface area contributed by atoms with Crippen molar-refractivity contribution in [3.05, 3.63) is 0 Å². The standard InChI is InChI=1S/C7H13NO4.H3N/c1-7(2,6(11)12)8(3)4-5(9)10;/h4H2,1-3H3,(H,9,10)(H,11,12);1H3. The molecule has 0 fully saturated rings. The van der Waals surface area contributed by atoms with Gasteiger partial charge in [-0.25, -0.2) is 0 Å². The fraction of sp³-hybridized carbons (Fsp3) is 0.714. The Morgan fingerprint density at radius 3 is 1.92 bits per heavy atom. The average Bonchev–Trinajstić information content (AvgIpc) is 1.85. The van der Waals surface area contributed by atoms with Crippen LogP contribution in [0.3, 0.4) is 0 Å². The minimum absolute atomic E-state index is 0. The van der Waals surface area contributed by atoms with Crippen molar-refractivity contribution in [2.24, 2.45) is 0 Å². The van der Waals surface area contributed by atoms with E-state index >= 15 is 0 Å². The quantitative estimate of drug-likeness (QED) is 0.579. The van der Waals surface area contributed by atoms with Crippen LogP contribution >= 0.6 is 0 Å². The van der Waals surface area contributed by atoms with Gasteiger partial charge in [0.1, 0.15) is 5.54 Å². The first-order valence-corrected chi connectivity index (χ1v) is 3.45. The van der Waals surface area contributed by atoms with E-state index in [-0.39, 0.29) is 12.7 Å². The van der Waals surface area contributed by atoms with Crippen LogP contribution < -0.4 is 6.15 Å². The highest BCUT2D eigenvalue weighted by Gasteiger charge is 2.32. The Kier molecular flexibility index (Phi) is 5.29. The molecule has 0 aromatic rings. The highest BCUT2D eigenvalue weighted by Crippen LogP contribution is 2.11. The summed E-state index contributed by atoms with van der Waals surface area (Å²) >= 11 is 0. The van der Waals surface area contributed by atoms with E-state index in [1.165, 1.54) is 25.8 Å². The SMILES string of the molecule is CN(CC(=O)O)C(C)(C)C(=O)O.N. The van der Waals surface area contributed by atoms with Crippen LogP contribution in [0.1, 0.15) is 13.8 Å². The minimum Gasteiger partial charge on any atom is -0.480 e. The van der Waals surface area contributed by atoms with Gasteiger partial charge in [0.2, 0.25) is 0 Å². The monoisotopic (exact) mass is 192 g/mol. The second-order valence-electron chi connectivity index (χ2n) is 3.11. The molecule has 0 radical (unpaired) electrons. The van der Waals surface area contributed by atoms with E-state index in [4.69, 9.17) is 10.2 Å². The lowest BCUT2D eigenvalue weighted by molar-refractivity contribution is -0.151. The van der Waals surface area contributed by atoms with Crippen LogP contribution in [0.2, 0.25) is 0 Å². The molecule has 0 aliphatic heterocycles. The van der Waals surface area contributed by atoms with Gasteiger partial charge in [0.25, 0.3) is 0 Å². The predicted molar refractivity (Wildman–Crippen MR) is 47.0 cm³/mol. The zero-order valence-corrected chi connectivity index (χ0v) is 8.07. The van der Waals surface area contributed by atoms with Crippen LogP contribution in [0.4, 0.5) is 0 Å². The molecular weight excluding hydrogens is 176 g/mol. The third kappa shape index (κ3) is 3.86. The van der Waals surface area contributed by atoms with Gasteiger partial charge in [0, 0.05) is 0 Å². The number of aliphatic carboxylic acids is 2. The van der Waals surface area contributed by atoms with Crippen LogP contribution in [0, 0.1) is 0 Å². The van der Waals surface area contributed by atoms with E-state index in [2.05, 4.69) is 0 Å². The number of likely N-dealkylation sites (N-methyl/N-ethyl adjacent to an activating group) is 1. The van der Waals surface area contributed by atoms with Gasteiger partial charge in [-0.2, -0.15) is 0 Å². The highest BCUT2D eigenvalue weighted by atomic mass is 16.4. The lowest BCUT2D eigenvalue weighted by Crippen LogP contribution is -2.49. The van der Waals surface area contributed by atoms with E-state index in [1.54, 1.807) is 0 Å². The van der Waals surface area contributed by atoms with Crippen molar-refractivity contribution in [2.45, 2.75) is 19.4 Å². The largest absolute Gasteiger partial charge is 0.480 e. The van der Waals surface area contributed by atoms with Crippen molar-refractivity contribution in [1.82, 2.24) is 11.1 Å². The molecule has 0 rings (SSSR count). The molecule has 0 heterocycles. The molecule has 6 nitrogen and oxygen atoms in total. The molecule has 0 bridgehead atoms. The molecule has 0 atom stereocenters. The summed E-state index contributed by atoms with van der Waals surface area (Å²) in [6, 6.07) is 0. The summed E-state index contributed by atoms with van der Waals surface area (Å²) in [7, 11) is 1.46. The molecular formula is C7H16N2O4. The molecule has 0 aliphatic carbocycles. The third-order valence-corrected chi connectivity index (χ3v) is 1.85. The topological polar surface area (TPSA) is 113 Å². The van der Waals surface area contributed by atoms with Crippen LogP contribution in [0.15, 0.2) is 0 Å². The second kappa shape index (κ2) is 4.78. The van der Waals surface area contributed by atoms with Gasteiger partial charge in [0.05, 0.1) is 6.54 Å². The van der Waals surface area contributed by atoms with Crippen LogP contribution in [0.25, 0.3) is 0 Å². The molecule has 5 N–H and O–H groups in total. The molecule has 0 amide bonds. The normalized spacial score (nSPS) is 10.8. The van der Waals surface area contributed by atoms with Crippen molar-refractivity contribution >= 4 is 11.9 Å². The van der Waals surface area contributed by atoms with E-state index < -0.39 is 17.5 Å². The van der Waals surface area contributed by atoms with Crippen LogP contribution in [-0.2, 0) is 9.59 Å². The van der Waals surface area contributed by atoms with E-state index in [1.807, 2.05) is 0 Å². The molecule has 0 saturated carbocycles. The Morgan fingerprint density at radius 2 is 1.69 bits per heavy atom. The molecule has 13 heavy (non-hydrogen) atoms. The van der Waals surface area contributed by atoms with E-state index in [0.29, 0.717) is 0 Å². The number of hydrogen-bond acceptors (Lipinski definition) is 4. The van der Waals surface area contributed by atoms with Gasteiger partial charge in [-0.3, -0.25) is 14.5 Å². The Balaban J connectivity index is 0. The third-order valence-electron chi connectivity index (χ3n) is 1.85. The summed E-state index contributed by atoms with van der Waals surface area (Å²) in [5.41, 5.74) is -1.14. The molecule has 0 aliphatic rings. The molecule has 0 spiro atoms. The highest BCUT2D eigenvalue weighted by molar-refractivity contribution is 5.79. The Bertz CT molecular complexity index is 203. The lowest BCUT2D eigenvalue weighted by atomic mass is 10.0. The molecule has 0 unspecified atom stereocenters. The summed E-state index contributed by atoms with van der Waals surface area (Å²) in [5.74, 6) is -2.07. The Labute approximate surface area is 76.7 Å². The Morgan fingerprint density at radius 1 is 1.31 bits per heavy atom. The van der Waals surface area contributed by atoms with Gasteiger partial charge in [-0.05, 0) is 20.9 Å². The molecule has 78 valence electrons. The molecule has 0 aromatic heterocycles. The number of carboxylic acids is 2. The Hall–Kier alpha value is -1.14. The number of hydrogen-bond donors (Lipinski definition) is 3. The maximum absolute atomic E-state index is 10.6. The van der Waals surface area contributed by atoms with Crippen LogP contribution in [0.5, 0.6) is 0 Å². The minimum atomic E-state index is -1.14. The maximum atomic E-state index is 10.6. The average molecular weight is 192 g/mol. The number of rotatable bonds is 4. The van der Waals surface area contributed by atoms with Crippen molar-refractivity contribution in [3.63, 3.8) is 0 Å². The smallest absolute Gasteiger partial charge is 0.323 e. The van der Waals surface area contributed by atoms with E-state index in [9.17, 15) is 9.59 Å². The fourth-order valence-corrected chi connectivity index (χ4v) is 0.564.